The molecule has 1 saturated carbocycles. The number of rotatable bonds is 10. The third-order valence-corrected chi connectivity index (χ3v) is 11.1. The van der Waals surface area contributed by atoms with Crippen LogP contribution >= 0.6 is 11.3 Å². The third kappa shape index (κ3) is 6.80. The van der Waals surface area contributed by atoms with Crippen molar-refractivity contribution in [1.29, 1.82) is 0 Å². The van der Waals surface area contributed by atoms with E-state index in [0.29, 0.717) is 18.2 Å². The maximum Gasteiger partial charge on any atom is 0.195 e. The molecule has 242 valence electrons. The number of hydrogen-bond donors (Lipinski definition) is 1. The Morgan fingerprint density at radius 2 is 1.63 bits per heavy atom. The first-order chi connectivity index (χ1) is 22.5. The Kier molecular flexibility index (Phi) is 9.56. The molecule has 3 fully saturated rings. The second kappa shape index (κ2) is 14.1. The number of nitrogens with zero attached hydrogens (tertiary/aromatic N) is 2. The monoisotopic (exact) mass is 642 g/mol. The third-order valence-electron chi connectivity index (χ3n) is 9.89. The first kappa shape index (κ1) is 31.2. The molecular formula is C38H43FN2O4S. The Morgan fingerprint density at radius 1 is 0.870 bits per heavy atom. The highest BCUT2D eigenvalue weighted by Gasteiger charge is 2.33. The quantitative estimate of drug-likeness (QED) is 0.176. The molecule has 2 atom stereocenters. The smallest absolute Gasteiger partial charge is 0.195 e. The fourth-order valence-electron chi connectivity index (χ4n) is 7.44. The average Bonchev–Trinajstić information content (AvgIpc) is 3.74. The van der Waals surface area contributed by atoms with Crippen LogP contribution in [0.2, 0.25) is 0 Å². The first-order valence-electron chi connectivity index (χ1n) is 17.0. The van der Waals surface area contributed by atoms with E-state index >= 15 is 4.39 Å². The molecule has 1 aromatic heterocycles. The summed E-state index contributed by atoms with van der Waals surface area (Å²) in [5.41, 5.74) is 1.66. The summed E-state index contributed by atoms with van der Waals surface area (Å²) in [7, 11) is 0. The van der Waals surface area contributed by atoms with Crippen molar-refractivity contribution in [2.45, 2.75) is 69.9 Å². The second-order valence-corrected chi connectivity index (χ2v) is 14.0. The maximum atomic E-state index is 15.7. The summed E-state index contributed by atoms with van der Waals surface area (Å²) >= 11 is 1.45. The largest absolute Gasteiger partial charge is 0.508 e. The highest BCUT2D eigenvalue weighted by molar-refractivity contribution is 7.22. The number of thiophene rings is 1. The summed E-state index contributed by atoms with van der Waals surface area (Å²) in [6, 6.07) is 17.8. The van der Waals surface area contributed by atoms with Gasteiger partial charge in [0.05, 0.1) is 0 Å². The minimum Gasteiger partial charge on any atom is -0.508 e. The summed E-state index contributed by atoms with van der Waals surface area (Å²) in [5.74, 6) is 0.369. The summed E-state index contributed by atoms with van der Waals surface area (Å²) < 4.78 is 28.8. The van der Waals surface area contributed by atoms with Crippen molar-refractivity contribution >= 4 is 27.2 Å². The zero-order chi connectivity index (χ0) is 31.5. The van der Waals surface area contributed by atoms with Crippen LogP contribution in [-0.4, -0.2) is 72.2 Å². The normalized spacial score (nSPS) is 21.1. The van der Waals surface area contributed by atoms with E-state index in [1.807, 2.05) is 24.3 Å². The number of benzene rings is 3. The van der Waals surface area contributed by atoms with E-state index < -0.39 is 5.82 Å². The van der Waals surface area contributed by atoms with Crippen LogP contribution < -0.4 is 9.47 Å². The fourth-order valence-corrected chi connectivity index (χ4v) is 8.68. The van der Waals surface area contributed by atoms with Gasteiger partial charge in [-0.25, -0.2) is 4.39 Å². The number of ether oxygens (including phenoxy) is 2. The zero-order valence-electron chi connectivity index (χ0n) is 26.4. The molecule has 3 heterocycles. The lowest BCUT2D eigenvalue weighted by molar-refractivity contribution is 0.0242. The molecule has 8 heteroatoms. The van der Waals surface area contributed by atoms with E-state index in [4.69, 9.17) is 9.47 Å². The molecule has 46 heavy (non-hydrogen) atoms. The Bertz CT molecular complexity index is 1660. The van der Waals surface area contributed by atoms with Gasteiger partial charge in [-0.2, -0.15) is 0 Å². The molecule has 0 radical (unpaired) electrons. The molecule has 0 bridgehead atoms. The first-order valence-corrected chi connectivity index (χ1v) is 17.8. The molecule has 2 aliphatic heterocycles. The summed E-state index contributed by atoms with van der Waals surface area (Å²) in [5, 5.41) is 10.9. The van der Waals surface area contributed by atoms with E-state index in [-0.39, 0.29) is 28.9 Å². The van der Waals surface area contributed by atoms with Crippen molar-refractivity contribution in [3.8, 4) is 27.7 Å². The zero-order valence-corrected chi connectivity index (χ0v) is 27.2. The Hall–Kier alpha value is -3.46. The predicted octanol–water partition coefficient (Wildman–Crippen LogP) is 8.29. The maximum absolute atomic E-state index is 15.7. The number of piperidine rings is 1. The van der Waals surface area contributed by atoms with Crippen LogP contribution in [0, 0.1) is 5.82 Å². The number of likely N-dealkylation sites (tertiary alicyclic amines) is 2. The van der Waals surface area contributed by atoms with Gasteiger partial charge in [0, 0.05) is 38.7 Å². The number of carbonyl (C=O) groups is 1. The molecule has 0 amide bonds. The van der Waals surface area contributed by atoms with Gasteiger partial charge in [0.15, 0.2) is 17.3 Å². The molecule has 3 aromatic carbocycles. The van der Waals surface area contributed by atoms with Crippen molar-refractivity contribution in [2.24, 2.45) is 0 Å². The Morgan fingerprint density at radius 3 is 2.41 bits per heavy atom. The highest BCUT2D eigenvalue weighted by atomic mass is 32.1. The van der Waals surface area contributed by atoms with Gasteiger partial charge in [-0.1, -0.05) is 12.8 Å². The minimum absolute atomic E-state index is 0.0461. The molecule has 0 spiro atoms. The molecule has 0 unspecified atom stereocenters. The molecule has 6 nitrogen and oxygen atoms in total. The molecular weight excluding hydrogens is 599 g/mol. The van der Waals surface area contributed by atoms with Gasteiger partial charge in [0.2, 0.25) is 0 Å². The fraction of sp³-hybridized carbons (Fsp3) is 0.447. The topological polar surface area (TPSA) is 62.2 Å². The minimum atomic E-state index is -0.511. The van der Waals surface area contributed by atoms with Crippen LogP contribution in [0.1, 0.15) is 73.7 Å². The lowest BCUT2D eigenvalue weighted by atomic mass is 9.90. The number of hydrogen-bond acceptors (Lipinski definition) is 7. The molecule has 2 saturated heterocycles. The lowest BCUT2D eigenvalue weighted by Gasteiger charge is -2.41. The Labute approximate surface area is 274 Å². The summed E-state index contributed by atoms with van der Waals surface area (Å²) in [6.07, 6.45) is 10.4. The second-order valence-electron chi connectivity index (χ2n) is 13.0. The van der Waals surface area contributed by atoms with Gasteiger partial charge < -0.3 is 14.6 Å². The van der Waals surface area contributed by atoms with E-state index in [0.717, 1.165) is 78.3 Å². The van der Waals surface area contributed by atoms with Gasteiger partial charge in [0.25, 0.3) is 0 Å². The van der Waals surface area contributed by atoms with Crippen LogP contribution in [-0.2, 0) is 0 Å². The number of aromatic hydroxyl groups is 1. The molecule has 1 N–H and O–H groups in total. The number of phenols is 1. The van der Waals surface area contributed by atoms with Crippen molar-refractivity contribution in [3.05, 3.63) is 77.6 Å². The predicted molar refractivity (Wildman–Crippen MR) is 182 cm³/mol. The van der Waals surface area contributed by atoms with E-state index in [1.54, 1.807) is 30.3 Å². The van der Waals surface area contributed by atoms with Gasteiger partial charge in [0.1, 0.15) is 24.2 Å². The molecule has 3 aliphatic rings. The number of fused-ring (bicyclic) bond motifs is 1. The summed E-state index contributed by atoms with van der Waals surface area (Å²) in [6.45, 7) is 6.00. The Balaban J connectivity index is 1.12. The van der Waals surface area contributed by atoms with E-state index in [9.17, 15) is 9.90 Å². The standard InChI is InChI=1S/C38H43FN2O4S/c39-31-24-27(12-17-33(31)45-34-9-3-2-8-32(34)41-20-4-1-5-21-41)37(43)36-30-16-13-28(42)25-35(30)46-38(36)26-10-14-29(15-11-26)44-23-22-40-18-6-7-19-40/h10-17,24-25,32,34,42H,1-9,18-23H2/t32-,34-/m0/s1. The van der Waals surface area contributed by atoms with Gasteiger partial charge in [-0.05, 0) is 137 Å². The van der Waals surface area contributed by atoms with E-state index in [2.05, 4.69) is 9.80 Å². The van der Waals surface area contributed by atoms with Crippen molar-refractivity contribution < 1.29 is 23.8 Å². The van der Waals surface area contributed by atoms with Crippen LogP contribution in [0.4, 0.5) is 4.39 Å². The summed E-state index contributed by atoms with van der Waals surface area (Å²) in [4.78, 5) is 19.9. The van der Waals surface area contributed by atoms with Crippen molar-refractivity contribution in [2.75, 3.05) is 39.3 Å². The average molecular weight is 643 g/mol. The number of halogens is 1. The number of carbonyl (C=O) groups excluding carboxylic acids is 1. The molecule has 1 aliphatic carbocycles. The van der Waals surface area contributed by atoms with Gasteiger partial charge in [-0.3, -0.25) is 14.6 Å². The lowest BCUT2D eigenvalue weighted by Crippen LogP contribution is -2.49. The van der Waals surface area contributed by atoms with Gasteiger partial charge >= 0.3 is 0 Å². The molecule has 7 rings (SSSR count). The highest BCUT2D eigenvalue weighted by Crippen LogP contribution is 2.42. The van der Waals surface area contributed by atoms with Crippen molar-refractivity contribution in [3.63, 3.8) is 0 Å². The van der Waals surface area contributed by atoms with Crippen LogP contribution in [0.25, 0.3) is 20.5 Å². The van der Waals surface area contributed by atoms with E-state index in [1.165, 1.54) is 55.9 Å². The number of ketones is 1. The van der Waals surface area contributed by atoms with Crippen LogP contribution in [0.15, 0.2) is 60.7 Å². The molecule has 4 aromatic rings. The van der Waals surface area contributed by atoms with Crippen molar-refractivity contribution in [1.82, 2.24) is 9.80 Å². The van der Waals surface area contributed by atoms with Gasteiger partial charge in [-0.15, -0.1) is 11.3 Å². The van der Waals surface area contributed by atoms with Crippen LogP contribution in [0.5, 0.6) is 17.2 Å². The van der Waals surface area contributed by atoms with Crippen LogP contribution in [0.3, 0.4) is 0 Å². The number of phenolic OH excluding ortho intramolecular Hbond substituents is 1. The SMILES string of the molecule is O=C(c1ccc(O[C@H]2CCCC[C@@H]2N2CCCCC2)c(F)c1)c1c(-c2ccc(OCCN3CCCC3)cc2)sc2cc(O)ccc12.